The molecule has 2 aromatic heterocycles. The maximum atomic E-state index is 7.33. The number of H-pyrrole nitrogens is 2. The van der Waals surface area contributed by atoms with Gasteiger partial charge in [0.05, 0.1) is 17.1 Å². The van der Waals surface area contributed by atoms with Crippen molar-refractivity contribution in [1.29, 1.82) is 0 Å². The van der Waals surface area contributed by atoms with Gasteiger partial charge in [-0.1, -0.05) is 156 Å². The molecule has 0 bridgehead atoms. The molecule has 6 aliphatic rings. The quantitative estimate of drug-likeness (QED) is 0.124. The van der Waals surface area contributed by atoms with Gasteiger partial charge in [-0.2, -0.15) is 0 Å². The number of rotatable bonds is 9. The molecule has 8 heterocycles. The average molecular weight is 1360 g/mol. The van der Waals surface area contributed by atoms with E-state index in [0.29, 0.717) is 0 Å². The standard InChI is InChI=1S/C93H73B3N6O3/c1-51-33-54(4)89(55(5)34-51)100-80-49-78-72(95-86-60(41-70-68-29-19-21-31-76(68)98-92(70)95)39-65(43-79(86)97-78)103-62-23-13-10-14-24-62)47-73(80)94-74-48-75-82(50-81(74)102(91-58(8)37-53(3)38-59(91)9)85-46-67(45-84(100)88(85)94)105-64-27-17-12-18-28-64)101(90-56(6)35-52(2)36-57(90)7)83-44-66(104-63-25-15-11-16-26-63)40-61-42-71-69-30-20-22-32-77(69)99-93(71)96(75)87(61)83/h10-40,43-50,97-99H,41-42H2,1-9H3. The maximum absolute atomic E-state index is 7.33. The number of ether oxygens (including phenoxy) is 3. The van der Waals surface area contributed by atoms with E-state index in [4.69, 9.17) is 14.2 Å². The van der Waals surface area contributed by atoms with Crippen molar-refractivity contribution in [1.82, 2.24) is 9.97 Å². The Morgan fingerprint density at radius 3 is 1.11 bits per heavy atom. The van der Waals surface area contributed by atoms with Gasteiger partial charge in [-0.3, -0.25) is 0 Å². The van der Waals surface area contributed by atoms with Crippen molar-refractivity contribution in [3.8, 4) is 34.5 Å². The third-order valence-corrected chi connectivity index (χ3v) is 23.3. The molecule has 502 valence electrons. The largest absolute Gasteiger partial charge is 0.457 e. The first-order valence-electron chi connectivity index (χ1n) is 36.9. The van der Waals surface area contributed by atoms with Crippen molar-refractivity contribution in [2.75, 3.05) is 20.0 Å². The summed E-state index contributed by atoms with van der Waals surface area (Å²) in [6.07, 6.45) is 1.50. The molecule has 0 fully saturated rings. The minimum absolute atomic E-state index is 0.152. The third-order valence-electron chi connectivity index (χ3n) is 23.3. The van der Waals surface area contributed by atoms with Crippen LogP contribution in [-0.2, 0) is 12.8 Å². The van der Waals surface area contributed by atoms with Gasteiger partial charge in [-0.25, -0.2) is 0 Å². The van der Waals surface area contributed by atoms with Crippen molar-refractivity contribution < 1.29 is 14.2 Å². The van der Waals surface area contributed by atoms with E-state index in [2.05, 4.69) is 299 Å². The summed E-state index contributed by atoms with van der Waals surface area (Å²) in [5.74, 6) is 4.71. The molecule has 0 saturated carbocycles. The molecule has 6 aliphatic heterocycles. The van der Waals surface area contributed by atoms with Gasteiger partial charge in [0.25, 0.3) is 20.1 Å². The smallest absolute Gasteiger partial charge is 0.267 e. The molecular weight excluding hydrogens is 1280 g/mol. The predicted molar refractivity (Wildman–Crippen MR) is 439 cm³/mol. The van der Waals surface area contributed by atoms with Gasteiger partial charge in [-0.15, -0.1) is 0 Å². The first-order valence-corrected chi connectivity index (χ1v) is 36.9. The van der Waals surface area contributed by atoms with Crippen LogP contribution in [0.3, 0.4) is 0 Å². The highest BCUT2D eigenvalue weighted by Gasteiger charge is 2.51. The van der Waals surface area contributed by atoms with Crippen molar-refractivity contribution in [2.45, 2.75) is 75.2 Å². The molecule has 15 aromatic rings. The maximum Gasteiger partial charge on any atom is 0.267 e. The molecular formula is C93H73B3N6O3. The van der Waals surface area contributed by atoms with Crippen LogP contribution < -0.4 is 83.7 Å². The van der Waals surface area contributed by atoms with Crippen LogP contribution in [0.4, 0.5) is 62.6 Å². The number of fused-ring (bicyclic) bond motifs is 16. The second-order valence-corrected chi connectivity index (χ2v) is 30.3. The molecule has 0 unspecified atom stereocenters. The Balaban J connectivity index is 0.901. The third kappa shape index (κ3) is 9.31. The van der Waals surface area contributed by atoms with Crippen LogP contribution in [0, 0.1) is 62.3 Å². The summed E-state index contributed by atoms with van der Waals surface area (Å²) < 4.78 is 21.2. The molecule has 0 spiro atoms. The Hall–Kier alpha value is -12.3. The molecule has 0 amide bonds. The summed E-state index contributed by atoms with van der Waals surface area (Å²) in [5, 5.41) is 6.69. The number of aromatic amines is 2. The number of anilines is 11. The van der Waals surface area contributed by atoms with Gasteiger partial charge >= 0.3 is 0 Å². The Morgan fingerprint density at radius 1 is 0.295 bits per heavy atom. The number of para-hydroxylation sites is 5. The van der Waals surface area contributed by atoms with Gasteiger partial charge < -0.3 is 44.2 Å². The summed E-state index contributed by atoms with van der Waals surface area (Å²) in [7, 11) is 0. The van der Waals surface area contributed by atoms with Crippen molar-refractivity contribution in [3.05, 3.63) is 309 Å². The monoisotopic (exact) mass is 1350 g/mol. The van der Waals surface area contributed by atoms with Gasteiger partial charge in [0.15, 0.2) is 0 Å². The fraction of sp³-hybridized carbons (Fsp3) is 0.118. The zero-order valence-corrected chi connectivity index (χ0v) is 60.2. The van der Waals surface area contributed by atoms with E-state index in [0.717, 1.165) is 121 Å². The van der Waals surface area contributed by atoms with Gasteiger partial charge in [0.1, 0.15) is 34.5 Å². The van der Waals surface area contributed by atoms with E-state index in [1.807, 2.05) is 30.3 Å². The van der Waals surface area contributed by atoms with E-state index in [9.17, 15) is 0 Å². The number of nitrogens with zero attached hydrogens (tertiary/aromatic N) is 3. The van der Waals surface area contributed by atoms with E-state index in [1.54, 1.807) is 0 Å². The SMILES string of the molecule is Cc1cc(C)c(N2c3cc4c(cc3B3c5[nH]c6ccccc6c5Cc5cc(Oc6ccccc6)cc2c53)B2c3cc5c(cc3N(c3c(C)cc(C)cc3C)c3cc(Oc6ccccc6)cc(c32)N4c2c(C)cc(C)cc2C)Nc2cc(Oc3ccccc3)cc3c2B5c2[nH]c4ccccc4c2C3)c(C)c1. The highest BCUT2D eigenvalue weighted by Crippen LogP contribution is 2.53. The second kappa shape index (κ2) is 22.9. The number of nitrogens with one attached hydrogen (secondary N) is 3. The Bertz CT molecular complexity index is 6210. The molecule has 21 rings (SSSR count). The van der Waals surface area contributed by atoms with Gasteiger partial charge in [0, 0.05) is 91.6 Å². The van der Waals surface area contributed by atoms with E-state index < -0.39 is 0 Å². The van der Waals surface area contributed by atoms with E-state index >= 15 is 0 Å². The van der Waals surface area contributed by atoms with Crippen molar-refractivity contribution >= 4 is 154 Å². The first kappa shape index (κ1) is 61.4. The zero-order chi connectivity index (χ0) is 70.5. The molecule has 3 N–H and O–H groups in total. The molecule has 9 nitrogen and oxygen atoms in total. The molecule has 0 aliphatic carbocycles. The van der Waals surface area contributed by atoms with Crippen LogP contribution in [0.25, 0.3) is 21.8 Å². The van der Waals surface area contributed by atoms with Crippen LogP contribution in [-0.4, -0.2) is 30.1 Å². The number of aromatic nitrogens is 2. The highest BCUT2D eigenvalue weighted by atomic mass is 16.5. The van der Waals surface area contributed by atoms with Gasteiger partial charge in [0.2, 0.25) is 0 Å². The summed E-state index contributed by atoms with van der Waals surface area (Å²) in [5.41, 5.74) is 41.6. The highest BCUT2D eigenvalue weighted by molar-refractivity contribution is 7.04. The lowest BCUT2D eigenvalue weighted by Crippen LogP contribution is -2.66. The Labute approximate surface area is 613 Å². The fourth-order valence-electron chi connectivity index (χ4n) is 19.7. The van der Waals surface area contributed by atoms with Crippen molar-refractivity contribution in [2.24, 2.45) is 0 Å². The molecule has 0 saturated heterocycles. The van der Waals surface area contributed by atoms with Gasteiger partial charge in [-0.05, 0) is 253 Å². The number of hydrogen-bond acceptors (Lipinski definition) is 7. The molecule has 0 radical (unpaired) electrons. The van der Waals surface area contributed by atoms with Crippen LogP contribution >= 0.6 is 0 Å². The van der Waals surface area contributed by atoms with Crippen LogP contribution in [0.2, 0.25) is 0 Å². The zero-order valence-electron chi connectivity index (χ0n) is 60.2. The fourth-order valence-corrected chi connectivity index (χ4v) is 19.7. The summed E-state index contributed by atoms with van der Waals surface area (Å²) in [4.78, 5) is 16.2. The topological polar surface area (TPSA) is 81.0 Å². The minimum Gasteiger partial charge on any atom is -0.457 e. The van der Waals surface area contributed by atoms with Crippen LogP contribution in [0.15, 0.2) is 237 Å². The number of hydrogen-bond donors (Lipinski definition) is 3. The molecule has 12 heteroatoms. The Morgan fingerprint density at radius 2 is 0.657 bits per heavy atom. The minimum atomic E-state index is -0.316. The van der Waals surface area contributed by atoms with E-state index in [-0.39, 0.29) is 20.1 Å². The van der Waals surface area contributed by atoms with Crippen LogP contribution in [0.1, 0.15) is 72.3 Å². The second-order valence-electron chi connectivity index (χ2n) is 30.3. The summed E-state index contributed by atoms with van der Waals surface area (Å²) in [6, 6.07) is 87.0. The Kier molecular flexibility index (Phi) is 13.4. The first-order chi connectivity index (χ1) is 51.2. The molecule has 105 heavy (non-hydrogen) atoms. The van der Waals surface area contributed by atoms with E-state index in [1.165, 1.54) is 133 Å². The molecule has 13 aromatic carbocycles. The summed E-state index contributed by atoms with van der Waals surface area (Å²) >= 11 is 0. The summed E-state index contributed by atoms with van der Waals surface area (Å²) in [6.45, 7) is 19.8. The lowest BCUT2D eigenvalue weighted by atomic mass is 9.29. The molecule has 0 atom stereocenters. The van der Waals surface area contributed by atoms with Crippen LogP contribution in [0.5, 0.6) is 34.5 Å². The van der Waals surface area contributed by atoms with Crippen molar-refractivity contribution in [3.63, 3.8) is 0 Å². The lowest BCUT2D eigenvalue weighted by Gasteiger charge is -2.47. The average Bonchev–Trinajstić information content (AvgIpc) is 1.19. The number of aryl methyl sites for hydroxylation is 9. The normalized spacial score (nSPS) is 13.6. The lowest BCUT2D eigenvalue weighted by molar-refractivity contribution is 0.482. The predicted octanol–water partition coefficient (Wildman–Crippen LogP) is 17.6. The number of benzene rings is 13.